The lowest BCUT2D eigenvalue weighted by Crippen LogP contribution is -2.14. The van der Waals surface area contributed by atoms with Crippen LogP contribution in [-0.4, -0.2) is 11.0 Å². The van der Waals surface area contributed by atoms with Gasteiger partial charge in [0.25, 0.3) is 5.91 Å². The Kier molecular flexibility index (Phi) is 4.30. The molecule has 2 N–H and O–H groups in total. The van der Waals surface area contributed by atoms with Crippen LogP contribution in [-0.2, 0) is 0 Å². The van der Waals surface area contributed by atoms with E-state index in [2.05, 4.69) is 21.2 Å². The number of aryl methyl sites for hydroxylation is 1. The van der Waals surface area contributed by atoms with Crippen LogP contribution in [0, 0.1) is 12.7 Å². The lowest BCUT2D eigenvalue weighted by Gasteiger charge is -2.10. The molecule has 20 heavy (non-hydrogen) atoms. The van der Waals surface area contributed by atoms with Crippen molar-refractivity contribution < 1.29 is 14.3 Å². The predicted molar refractivity (Wildman–Crippen MR) is 79.9 cm³/mol. The Morgan fingerprint density at radius 1 is 1.35 bits per heavy atom. The van der Waals surface area contributed by atoms with Crippen LogP contribution in [0.5, 0.6) is 5.75 Å². The highest BCUT2D eigenvalue weighted by Crippen LogP contribution is 2.29. The van der Waals surface area contributed by atoms with E-state index in [1.807, 2.05) is 6.92 Å². The predicted octanol–water partition coefficient (Wildman–Crippen LogP) is 4.51. The average molecular weight is 359 g/mol. The minimum absolute atomic E-state index is 0.161. The van der Waals surface area contributed by atoms with Gasteiger partial charge in [0.15, 0.2) is 0 Å². The second-order valence-corrected chi connectivity index (χ2v) is 5.46. The van der Waals surface area contributed by atoms with Crippen molar-refractivity contribution in [2.24, 2.45) is 0 Å². The van der Waals surface area contributed by atoms with Gasteiger partial charge in [0.2, 0.25) is 0 Å². The molecule has 0 atom stereocenters. The number of carbonyl (C=O) groups excluding carboxylic acids is 1. The van der Waals surface area contributed by atoms with Crippen molar-refractivity contribution in [3.8, 4) is 5.75 Å². The maximum atomic E-state index is 13.6. The van der Waals surface area contributed by atoms with Gasteiger partial charge < -0.3 is 10.4 Å². The first kappa shape index (κ1) is 14.8. The fraction of sp³-hybridized carbons (Fsp3) is 0.0714. The summed E-state index contributed by atoms with van der Waals surface area (Å²) in [5.41, 5.74) is 1.14. The lowest BCUT2D eigenvalue weighted by atomic mass is 10.1. The van der Waals surface area contributed by atoms with Gasteiger partial charge >= 0.3 is 0 Å². The first-order valence-corrected chi connectivity index (χ1v) is 6.81. The van der Waals surface area contributed by atoms with Crippen molar-refractivity contribution in [2.45, 2.75) is 6.92 Å². The van der Waals surface area contributed by atoms with Gasteiger partial charge in [-0.25, -0.2) is 4.39 Å². The van der Waals surface area contributed by atoms with E-state index >= 15 is 0 Å². The molecule has 6 heteroatoms. The first-order valence-electron chi connectivity index (χ1n) is 5.64. The van der Waals surface area contributed by atoms with E-state index in [4.69, 9.17) is 16.7 Å². The molecule has 0 heterocycles. The number of nitrogens with one attached hydrogen (secondary N) is 1. The Morgan fingerprint density at radius 2 is 2.05 bits per heavy atom. The highest BCUT2D eigenvalue weighted by Gasteiger charge is 2.14. The highest BCUT2D eigenvalue weighted by molar-refractivity contribution is 9.10. The van der Waals surface area contributed by atoms with Crippen LogP contribution >= 0.6 is 27.5 Å². The number of hydrogen-bond acceptors (Lipinski definition) is 2. The van der Waals surface area contributed by atoms with E-state index in [1.54, 1.807) is 12.1 Å². The number of phenols is 1. The molecule has 0 saturated carbocycles. The van der Waals surface area contributed by atoms with Crippen LogP contribution in [0.1, 0.15) is 15.9 Å². The summed E-state index contributed by atoms with van der Waals surface area (Å²) in [4.78, 5) is 12.0. The van der Waals surface area contributed by atoms with Crippen molar-refractivity contribution in [3.05, 3.63) is 56.8 Å². The van der Waals surface area contributed by atoms with Gasteiger partial charge in [0, 0.05) is 15.6 Å². The van der Waals surface area contributed by atoms with Gasteiger partial charge in [0.05, 0.1) is 11.3 Å². The molecular weight excluding hydrogens is 349 g/mol. The van der Waals surface area contributed by atoms with Gasteiger partial charge in [-0.1, -0.05) is 11.6 Å². The van der Waals surface area contributed by atoms with Gasteiger partial charge in [-0.3, -0.25) is 4.79 Å². The summed E-state index contributed by atoms with van der Waals surface area (Å²) < 4.78 is 14.2. The zero-order valence-electron chi connectivity index (χ0n) is 10.4. The molecule has 2 aromatic carbocycles. The molecule has 0 saturated heterocycles. The zero-order chi connectivity index (χ0) is 14.9. The standard InChI is InChI=1S/C14H10BrClFNO2/c1-7-4-10(15)13(6-11(7)16)18-14(20)9-3-2-8(19)5-12(9)17/h2-6,19H,1H3,(H,18,20). The molecular formula is C14H10BrClFNO2. The van der Waals surface area contributed by atoms with Crippen molar-refractivity contribution >= 4 is 39.1 Å². The Balaban J connectivity index is 2.30. The smallest absolute Gasteiger partial charge is 0.258 e. The second kappa shape index (κ2) is 5.81. The van der Waals surface area contributed by atoms with E-state index in [-0.39, 0.29) is 11.3 Å². The highest BCUT2D eigenvalue weighted by atomic mass is 79.9. The quantitative estimate of drug-likeness (QED) is 0.830. The number of carbonyl (C=O) groups is 1. The fourth-order valence-corrected chi connectivity index (χ4v) is 2.34. The minimum atomic E-state index is -0.795. The summed E-state index contributed by atoms with van der Waals surface area (Å²) in [5, 5.41) is 12.2. The third-order valence-corrected chi connectivity index (χ3v) is 3.76. The second-order valence-electron chi connectivity index (χ2n) is 4.20. The van der Waals surface area contributed by atoms with E-state index in [0.29, 0.717) is 15.2 Å². The van der Waals surface area contributed by atoms with Gasteiger partial charge in [-0.05, 0) is 52.7 Å². The van der Waals surface area contributed by atoms with Crippen molar-refractivity contribution in [1.82, 2.24) is 0 Å². The van der Waals surface area contributed by atoms with Crippen LogP contribution in [0.2, 0.25) is 5.02 Å². The molecule has 0 fully saturated rings. The Morgan fingerprint density at radius 3 is 2.70 bits per heavy atom. The van der Waals surface area contributed by atoms with E-state index < -0.39 is 11.7 Å². The van der Waals surface area contributed by atoms with Crippen molar-refractivity contribution in [1.29, 1.82) is 0 Å². The molecule has 0 aliphatic rings. The normalized spacial score (nSPS) is 10.4. The minimum Gasteiger partial charge on any atom is -0.508 e. The van der Waals surface area contributed by atoms with Crippen molar-refractivity contribution in [2.75, 3.05) is 5.32 Å². The number of anilines is 1. The summed E-state index contributed by atoms with van der Waals surface area (Å²) >= 11 is 9.29. The van der Waals surface area contributed by atoms with Crippen molar-refractivity contribution in [3.63, 3.8) is 0 Å². The Bertz CT molecular complexity index is 691. The van der Waals surface area contributed by atoms with E-state index in [1.165, 1.54) is 12.1 Å². The molecule has 0 unspecified atom stereocenters. The number of hydrogen-bond donors (Lipinski definition) is 2. The van der Waals surface area contributed by atoms with Crippen LogP contribution in [0.25, 0.3) is 0 Å². The lowest BCUT2D eigenvalue weighted by molar-refractivity contribution is 0.102. The number of amides is 1. The maximum absolute atomic E-state index is 13.6. The molecule has 0 aliphatic heterocycles. The molecule has 2 rings (SSSR count). The summed E-state index contributed by atoms with van der Waals surface area (Å²) in [6.07, 6.45) is 0. The van der Waals surface area contributed by atoms with Gasteiger partial charge in [-0.15, -0.1) is 0 Å². The molecule has 3 nitrogen and oxygen atoms in total. The summed E-state index contributed by atoms with van der Waals surface area (Å²) in [6.45, 7) is 1.83. The maximum Gasteiger partial charge on any atom is 0.258 e. The number of halogens is 3. The third-order valence-electron chi connectivity index (χ3n) is 2.69. The molecule has 1 amide bonds. The molecule has 2 aromatic rings. The molecule has 0 aromatic heterocycles. The topological polar surface area (TPSA) is 49.3 Å². The molecule has 0 bridgehead atoms. The van der Waals surface area contributed by atoms with Gasteiger partial charge in [-0.2, -0.15) is 0 Å². The molecule has 0 aliphatic carbocycles. The number of benzene rings is 2. The summed E-state index contributed by atoms with van der Waals surface area (Å²) in [5.74, 6) is -1.65. The monoisotopic (exact) mass is 357 g/mol. The molecule has 0 radical (unpaired) electrons. The SMILES string of the molecule is Cc1cc(Br)c(NC(=O)c2ccc(O)cc2F)cc1Cl. The van der Waals surface area contributed by atoms with Crippen LogP contribution in [0.3, 0.4) is 0 Å². The number of phenolic OH excluding ortho intramolecular Hbond substituents is 1. The number of aromatic hydroxyl groups is 1. The average Bonchev–Trinajstić information content (AvgIpc) is 2.35. The van der Waals surface area contributed by atoms with Crippen LogP contribution in [0.15, 0.2) is 34.8 Å². The number of rotatable bonds is 2. The van der Waals surface area contributed by atoms with Crippen LogP contribution in [0.4, 0.5) is 10.1 Å². The molecule has 104 valence electrons. The third kappa shape index (κ3) is 3.11. The summed E-state index contributed by atoms with van der Waals surface area (Å²) in [7, 11) is 0. The largest absolute Gasteiger partial charge is 0.508 e. The first-order chi connectivity index (χ1) is 9.38. The van der Waals surface area contributed by atoms with Crippen LogP contribution < -0.4 is 5.32 Å². The summed E-state index contributed by atoms with van der Waals surface area (Å²) in [6, 6.07) is 6.67. The Hall–Kier alpha value is -1.59. The van der Waals surface area contributed by atoms with E-state index in [9.17, 15) is 9.18 Å². The molecule has 0 spiro atoms. The van der Waals surface area contributed by atoms with Gasteiger partial charge in [0.1, 0.15) is 11.6 Å². The fourth-order valence-electron chi connectivity index (χ4n) is 1.62. The van der Waals surface area contributed by atoms with E-state index in [0.717, 1.165) is 11.6 Å². The Labute approximate surface area is 128 Å². The zero-order valence-corrected chi connectivity index (χ0v) is 12.7.